The normalized spacial score (nSPS) is 10.1. The van der Waals surface area contributed by atoms with Gasteiger partial charge in [-0.15, -0.1) is 11.3 Å². The van der Waals surface area contributed by atoms with Crippen LogP contribution in [-0.4, -0.2) is 0 Å². The summed E-state index contributed by atoms with van der Waals surface area (Å²) in [5.74, 6) is 1.54. The van der Waals surface area contributed by atoms with Gasteiger partial charge in [0.25, 0.3) is 0 Å². The molecular formula is C11H8ClOS. The van der Waals surface area contributed by atoms with E-state index in [2.05, 4.69) is 5.38 Å². The van der Waals surface area contributed by atoms with Crippen LogP contribution in [0.2, 0.25) is 5.02 Å². The van der Waals surface area contributed by atoms with E-state index in [1.807, 2.05) is 36.6 Å². The van der Waals surface area contributed by atoms with Gasteiger partial charge in [0.1, 0.15) is 11.5 Å². The minimum atomic E-state index is 0.747. The molecule has 71 valence electrons. The second kappa shape index (κ2) is 4.03. The zero-order chi connectivity index (χ0) is 9.97. The van der Waals surface area contributed by atoms with Crippen LogP contribution in [0.25, 0.3) is 0 Å². The minimum absolute atomic E-state index is 0.747. The Morgan fingerprint density at radius 3 is 2.86 bits per heavy atom. The molecule has 1 nitrogen and oxygen atoms in total. The van der Waals surface area contributed by atoms with Gasteiger partial charge in [0.05, 0.1) is 5.38 Å². The Kier molecular flexibility index (Phi) is 2.75. The van der Waals surface area contributed by atoms with E-state index in [1.54, 1.807) is 0 Å². The number of benzene rings is 1. The summed E-state index contributed by atoms with van der Waals surface area (Å²) in [7, 11) is 0. The predicted molar refractivity (Wildman–Crippen MR) is 59.4 cm³/mol. The third-order valence-corrected chi connectivity index (χ3v) is 2.82. The highest BCUT2D eigenvalue weighted by Crippen LogP contribution is 2.26. The maximum Gasteiger partial charge on any atom is 0.146 e. The molecule has 0 unspecified atom stereocenters. The number of hydrogen-bond donors (Lipinski definition) is 0. The predicted octanol–water partition coefficient (Wildman–Crippen LogP) is 4.30. The van der Waals surface area contributed by atoms with E-state index in [0.717, 1.165) is 22.1 Å². The van der Waals surface area contributed by atoms with Gasteiger partial charge in [-0.05, 0) is 42.1 Å². The second-order valence-electron chi connectivity index (χ2n) is 2.90. The molecule has 1 heterocycles. The highest BCUT2D eigenvalue weighted by atomic mass is 35.5. The summed E-state index contributed by atoms with van der Waals surface area (Å²) in [4.78, 5) is 0. The standard InChI is InChI=1S/C11H8ClOS/c1-8-6-9(2-3-11(8)12)13-10-4-5-14-7-10/h2-6H,1H3. The summed E-state index contributed by atoms with van der Waals surface area (Å²) < 4.78 is 5.55. The summed E-state index contributed by atoms with van der Waals surface area (Å²) in [6.45, 7) is 1.95. The Morgan fingerprint density at radius 1 is 1.36 bits per heavy atom. The molecule has 0 fully saturated rings. The minimum Gasteiger partial charge on any atom is -0.456 e. The van der Waals surface area contributed by atoms with Crippen molar-refractivity contribution in [3.05, 3.63) is 45.6 Å². The van der Waals surface area contributed by atoms with Crippen LogP contribution in [0.15, 0.2) is 29.6 Å². The SMILES string of the molecule is Cc1cc(Oc2[c]scc2)ccc1Cl. The molecule has 1 aromatic heterocycles. The first-order chi connectivity index (χ1) is 6.75. The Bertz CT molecular complexity index is 423. The van der Waals surface area contributed by atoms with Crippen molar-refractivity contribution < 1.29 is 4.74 Å². The molecule has 0 spiro atoms. The van der Waals surface area contributed by atoms with Crippen LogP contribution in [0, 0.1) is 12.3 Å². The molecular weight excluding hydrogens is 216 g/mol. The second-order valence-corrected chi connectivity index (χ2v) is 4.02. The fourth-order valence-corrected chi connectivity index (χ4v) is 1.69. The lowest BCUT2D eigenvalue weighted by Gasteiger charge is -2.04. The molecule has 2 aromatic rings. The lowest BCUT2D eigenvalue weighted by molar-refractivity contribution is 0.484. The van der Waals surface area contributed by atoms with Gasteiger partial charge in [0, 0.05) is 5.02 Å². The van der Waals surface area contributed by atoms with E-state index in [4.69, 9.17) is 16.3 Å². The lowest BCUT2D eigenvalue weighted by atomic mass is 10.2. The molecule has 0 saturated carbocycles. The van der Waals surface area contributed by atoms with Crippen LogP contribution in [0.4, 0.5) is 0 Å². The van der Waals surface area contributed by atoms with Crippen molar-refractivity contribution in [2.24, 2.45) is 0 Å². The van der Waals surface area contributed by atoms with Crippen LogP contribution >= 0.6 is 22.9 Å². The van der Waals surface area contributed by atoms with Crippen molar-refractivity contribution in [2.75, 3.05) is 0 Å². The van der Waals surface area contributed by atoms with Gasteiger partial charge in [0.2, 0.25) is 0 Å². The molecule has 0 aliphatic heterocycles. The maximum absolute atomic E-state index is 5.90. The topological polar surface area (TPSA) is 9.23 Å². The monoisotopic (exact) mass is 223 g/mol. The molecule has 0 aliphatic rings. The van der Waals surface area contributed by atoms with Gasteiger partial charge >= 0.3 is 0 Å². The summed E-state index contributed by atoms with van der Waals surface area (Å²) >= 11 is 7.39. The first kappa shape index (κ1) is 9.56. The van der Waals surface area contributed by atoms with Crippen molar-refractivity contribution in [1.29, 1.82) is 0 Å². The van der Waals surface area contributed by atoms with Crippen LogP contribution < -0.4 is 4.74 Å². The fourth-order valence-electron chi connectivity index (χ4n) is 1.08. The van der Waals surface area contributed by atoms with Crippen molar-refractivity contribution in [3.8, 4) is 11.5 Å². The zero-order valence-electron chi connectivity index (χ0n) is 7.58. The van der Waals surface area contributed by atoms with E-state index < -0.39 is 0 Å². The molecule has 0 aliphatic carbocycles. The van der Waals surface area contributed by atoms with Crippen LogP contribution in [0.5, 0.6) is 11.5 Å². The van der Waals surface area contributed by atoms with Crippen molar-refractivity contribution in [1.82, 2.24) is 0 Å². The number of halogens is 1. The van der Waals surface area contributed by atoms with Crippen molar-refractivity contribution >= 4 is 22.9 Å². The van der Waals surface area contributed by atoms with Gasteiger partial charge in [-0.25, -0.2) is 0 Å². The first-order valence-electron chi connectivity index (χ1n) is 4.15. The van der Waals surface area contributed by atoms with Crippen molar-refractivity contribution in [3.63, 3.8) is 0 Å². The fraction of sp³-hybridized carbons (Fsp3) is 0.0909. The van der Waals surface area contributed by atoms with Gasteiger partial charge in [0.15, 0.2) is 0 Å². The molecule has 0 atom stereocenters. The Morgan fingerprint density at radius 2 is 2.21 bits per heavy atom. The summed E-state index contributed by atoms with van der Waals surface area (Å²) in [6, 6.07) is 7.47. The molecule has 0 N–H and O–H groups in total. The zero-order valence-corrected chi connectivity index (χ0v) is 9.15. The quantitative estimate of drug-likeness (QED) is 0.738. The third-order valence-electron chi connectivity index (χ3n) is 1.80. The number of ether oxygens (including phenoxy) is 1. The van der Waals surface area contributed by atoms with E-state index >= 15 is 0 Å². The number of thiophene rings is 1. The van der Waals surface area contributed by atoms with E-state index in [1.165, 1.54) is 11.3 Å². The summed E-state index contributed by atoms with van der Waals surface area (Å²) in [5, 5.41) is 5.69. The average Bonchev–Trinajstić information content (AvgIpc) is 2.64. The Labute approximate surface area is 91.9 Å². The van der Waals surface area contributed by atoms with Crippen molar-refractivity contribution in [2.45, 2.75) is 6.92 Å². The maximum atomic E-state index is 5.90. The molecule has 14 heavy (non-hydrogen) atoms. The van der Waals surface area contributed by atoms with E-state index in [9.17, 15) is 0 Å². The van der Waals surface area contributed by atoms with Crippen LogP contribution in [0.1, 0.15) is 5.56 Å². The number of rotatable bonds is 2. The van der Waals surface area contributed by atoms with Crippen LogP contribution in [0.3, 0.4) is 0 Å². The van der Waals surface area contributed by atoms with Crippen LogP contribution in [-0.2, 0) is 0 Å². The van der Waals surface area contributed by atoms with E-state index in [-0.39, 0.29) is 0 Å². The molecule has 1 aromatic carbocycles. The van der Waals surface area contributed by atoms with Gasteiger partial charge < -0.3 is 4.74 Å². The van der Waals surface area contributed by atoms with Gasteiger partial charge in [-0.1, -0.05) is 11.6 Å². The van der Waals surface area contributed by atoms with Gasteiger partial charge in [-0.3, -0.25) is 0 Å². The molecule has 0 saturated heterocycles. The third kappa shape index (κ3) is 2.08. The Balaban J connectivity index is 2.22. The Hall–Kier alpha value is -0.990. The summed E-state index contributed by atoms with van der Waals surface area (Å²) in [5.41, 5.74) is 1.01. The van der Waals surface area contributed by atoms with Gasteiger partial charge in [-0.2, -0.15) is 0 Å². The smallest absolute Gasteiger partial charge is 0.146 e. The first-order valence-corrected chi connectivity index (χ1v) is 5.40. The average molecular weight is 224 g/mol. The number of hydrogen-bond acceptors (Lipinski definition) is 2. The lowest BCUT2D eigenvalue weighted by Crippen LogP contribution is -1.83. The molecule has 2 rings (SSSR count). The summed E-state index contributed by atoms with van der Waals surface area (Å²) in [6.07, 6.45) is 0. The molecule has 3 heteroatoms. The largest absolute Gasteiger partial charge is 0.456 e. The van der Waals surface area contributed by atoms with E-state index in [0.29, 0.717) is 0 Å². The molecule has 0 bridgehead atoms. The highest BCUT2D eigenvalue weighted by Gasteiger charge is 2.00. The molecule has 1 radical (unpaired) electrons. The molecule has 0 amide bonds. The number of aryl methyl sites for hydroxylation is 1. The highest BCUT2D eigenvalue weighted by molar-refractivity contribution is 7.07.